The molecule has 12 heteroatoms. The highest BCUT2D eigenvalue weighted by atomic mass is 32.3. The van der Waals surface area contributed by atoms with Crippen molar-refractivity contribution in [2.24, 2.45) is 11.8 Å². The smallest absolute Gasteiger partial charge is 0.407 e. The molecule has 11 nitrogen and oxygen atoms in total. The molecule has 0 bridgehead atoms. The summed E-state index contributed by atoms with van der Waals surface area (Å²) in [6.45, 7) is 6.72. The van der Waals surface area contributed by atoms with Crippen molar-refractivity contribution in [3.05, 3.63) is 41.7 Å². The summed E-state index contributed by atoms with van der Waals surface area (Å²) in [6, 6.07) is 7.42. The quantitative estimate of drug-likeness (QED) is 0.458. The summed E-state index contributed by atoms with van der Waals surface area (Å²) >= 11 is -3.35. The first kappa shape index (κ1) is 26.4. The second kappa shape index (κ2) is 11.2. The number of carbonyl (C=O) groups is 1. The van der Waals surface area contributed by atoms with Crippen LogP contribution in [0, 0.1) is 18.8 Å². The van der Waals surface area contributed by atoms with Crippen molar-refractivity contribution in [3.63, 3.8) is 0 Å². The molecule has 2 atom stereocenters. The van der Waals surface area contributed by atoms with Gasteiger partial charge in [0.2, 0.25) is 22.9 Å². The molecule has 4 rings (SSSR count). The van der Waals surface area contributed by atoms with Crippen LogP contribution < -0.4 is 9.47 Å². The summed E-state index contributed by atoms with van der Waals surface area (Å²) in [6.07, 6.45) is 2.20. The topological polar surface area (TPSA) is 144 Å². The highest BCUT2D eigenvalue weighted by Crippen LogP contribution is 2.45. The van der Waals surface area contributed by atoms with E-state index in [-0.39, 0.29) is 37.2 Å². The molecule has 2 unspecified atom stereocenters. The average molecular weight is 524 g/mol. The van der Waals surface area contributed by atoms with Gasteiger partial charge in [0.15, 0.2) is 0 Å². The third-order valence-corrected chi connectivity index (χ3v) is 7.34. The van der Waals surface area contributed by atoms with Crippen molar-refractivity contribution in [1.82, 2.24) is 14.9 Å². The number of likely N-dealkylation sites (tertiary alicyclic amines) is 1. The minimum atomic E-state index is -3.35. The number of carboxylic acid groups (broad SMARTS) is 1. The lowest BCUT2D eigenvalue weighted by Gasteiger charge is -2.39. The summed E-state index contributed by atoms with van der Waals surface area (Å²) in [4.78, 5) is 21.6. The van der Waals surface area contributed by atoms with Crippen LogP contribution in [0.3, 0.4) is 0 Å². The Morgan fingerprint density at radius 3 is 2.47 bits per heavy atom. The van der Waals surface area contributed by atoms with Crippen molar-refractivity contribution < 1.29 is 36.8 Å². The Morgan fingerprint density at radius 1 is 1.17 bits per heavy atom. The van der Waals surface area contributed by atoms with Crippen LogP contribution in [0.4, 0.5) is 4.79 Å². The second-order valence-electron chi connectivity index (χ2n) is 9.49. The highest BCUT2D eigenvalue weighted by molar-refractivity contribution is 8.16. The molecular weight excluding hydrogens is 490 g/mol. The number of ether oxygens (including phenoxy) is 2. The summed E-state index contributed by atoms with van der Waals surface area (Å²) in [5.41, 5.74) is 1.70. The molecule has 2 saturated heterocycles. The predicted molar refractivity (Wildman–Crippen MR) is 132 cm³/mol. The molecule has 198 valence electrons. The molecule has 36 heavy (non-hydrogen) atoms. The van der Waals surface area contributed by atoms with Gasteiger partial charge in [-0.05, 0) is 37.0 Å². The van der Waals surface area contributed by atoms with E-state index in [1.807, 2.05) is 45.0 Å². The molecule has 1 aromatic carbocycles. The first-order chi connectivity index (χ1) is 17.1. The Balaban J connectivity index is 1.36. The fourth-order valence-electron chi connectivity index (χ4n) is 4.45. The van der Waals surface area contributed by atoms with Gasteiger partial charge in [0.05, 0.1) is 18.8 Å². The van der Waals surface area contributed by atoms with E-state index in [4.69, 9.17) is 17.8 Å². The molecule has 2 fully saturated rings. The van der Waals surface area contributed by atoms with Crippen molar-refractivity contribution >= 4 is 17.2 Å². The molecule has 1 aromatic heterocycles. The van der Waals surface area contributed by atoms with E-state index in [1.54, 1.807) is 0 Å². The number of hydrogen-bond acceptors (Lipinski definition) is 9. The lowest BCUT2D eigenvalue weighted by Crippen LogP contribution is -2.50. The standard InChI is InChI=1S/C24H33N3O8S/c1-15(2)21-11-20(8-9-27(21)24(28)29)35-23-16(3)22(25-14-26-23)34-19-6-4-17(5-7-19)10-18-12-32-36(30,31)33-13-18/h4-7,14-15,18,20-21,30-31H,8-13H2,1-3H3,(H,28,29). The van der Waals surface area contributed by atoms with Gasteiger partial charge in [-0.3, -0.25) is 17.5 Å². The fraction of sp³-hybridized carbons (Fsp3) is 0.542. The van der Waals surface area contributed by atoms with Crippen LogP contribution in [0.2, 0.25) is 0 Å². The van der Waals surface area contributed by atoms with Crippen LogP contribution >= 0.6 is 11.2 Å². The Hall–Kier alpha value is -2.64. The van der Waals surface area contributed by atoms with Crippen molar-refractivity contribution in [3.8, 4) is 17.5 Å². The molecule has 0 aliphatic carbocycles. The summed E-state index contributed by atoms with van der Waals surface area (Å²) in [5.74, 6) is 1.62. The van der Waals surface area contributed by atoms with Crippen molar-refractivity contribution in [2.45, 2.75) is 52.2 Å². The maximum absolute atomic E-state index is 11.6. The van der Waals surface area contributed by atoms with Gasteiger partial charge in [0, 0.05) is 31.3 Å². The molecule has 0 spiro atoms. The van der Waals surface area contributed by atoms with Gasteiger partial charge in [-0.15, -0.1) is 0 Å². The molecule has 2 aliphatic heterocycles. The molecule has 3 heterocycles. The Labute approximate surface area is 212 Å². The van der Waals surface area contributed by atoms with Gasteiger partial charge >= 0.3 is 6.09 Å². The van der Waals surface area contributed by atoms with Gasteiger partial charge in [0.25, 0.3) is 0 Å². The molecule has 2 aliphatic rings. The lowest BCUT2D eigenvalue weighted by molar-refractivity contribution is 0.0360. The van der Waals surface area contributed by atoms with E-state index in [2.05, 4.69) is 9.97 Å². The minimum Gasteiger partial charge on any atom is -0.474 e. The van der Waals surface area contributed by atoms with Crippen LogP contribution in [0.15, 0.2) is 30.6 Å². The van der Waals surface area contributed by atoms with E-state index < -0.39 is 17.2 Å². The zero-order chi connectivity index (χ0) is 25.9. The number of rotatable bonds is 7. The van der Waals surface area contributed by atoms with E-state index in [0.717, 1.165) is 5.56 Å². The molecule has 3 N–H and O–H groups in total. The molecule has 0 saturated carbocycles. The Morgan fingerprint density at radius 2 is 1.83 bits per heavy atom. The van der Waals surface area contributed by atoms with Gasteiger partial charge in [-0.25, -0.2) is 14.8 Å². The maximum atomic E-state index is 11.6. The average Bonchev–Trinajstić information content (AvgIpc) is 2.84. The molecule has 2 aromatic rings. The number of nitrogens with zero attached hydrogens (tertiary/aromatic N) is 3. The van der Waals surface area contributed by atoms with E-state index >= 15 is 0 Å². The van der Waals surface area contributed by atoms with Crippen LogP contribution in [0.1, 0.15) is 37.8 Å². The van der Waals surface area contributed by atoms with E-state index in [0.29, 0.717) is 48.9 Å². The van der Waals surface area contributed by atoms with Crippen LogP contribution in [-0.2, 0) is 14.8 Å². The van der Waals surface area contributed by atoms with Crippen LogP contribution in [0.5, 0.6) is 17.5 Å². The number of amides is 1. The van der Waals surface area contributed by atoms with Gasteiger partial charge in [0.1, 0.15) is 18.2 Å². The number of piperidine rings is 1. The van der Waals surface area contributed by atoms with Crippen LogP contribution in [0.25, 0.3) is 0 Å². The minimum absolute atomic E-state index is 0.0261. The third kappa shape index (κ3) is 6.56. The van der Waals surface area contributed by atoms with Crippen LogP contribution in [-0.4, -0.2) is 67.1 Å². The van der Waals surface area contributed by atoms with Gasteiger partial charge in [-0.1, -0.05) is 26.0 Å². The van der Waals surface area contributed by atoms with Crippen molar-refractivity contribution in [1.29, 1.82) is 0 Å². The summed E-state index contributed by atoms with van der Waals surface area (Å²) in [7, 11) is 0. The monoisotopic (exact) mass is 523 g/mol. The summed E-state index contributed by atoms with van der Waals surface area (Å²) < 4.78 is 40.8. The molecular formula is C24H33N3O8S. The predicted octanol–water partition coefficient (Wildman–Crippen LogP) is 4.91. The first-order valence-corrected chi connectivity index (χ1v) is 13.3. The van der Waals surface area contributed by atoms with Crippen molar-refractivity contribution in [2.75, 3.05) is 19.8 Å². The second-order valence-corrected chi connectivity index (χ2v) is 10.9. The zero-order valence-electron chi connectivity index (χ0n) is 20.6. The summed E-state index contributed by atoms with van der Waals surface area (Å²) in [5, 5.41) is 9.49. The lowest BCUT2D eigenvalue weighted by atomic mass is 9.91. The maximum Gasteiger partial charge on any atom is 0.407 e. The fourth-order valence-corrected chi connectivity index (χ4v) is 5.25. The highest BCUT2D eigenvalue weighted by Gasteiger charge is 2.35. The molecule has 1 amide bonds. The Bertz CT molecular complexity index is 1040. The third-order valence-electron chi connectivity index (χ3n) is 6.46. The first-order valence-electron chi connectivity index (χ1n) is 11.9. The van der Waals surface area contributed by atoms with Gasteiger partial charge in [-0.2, -0.15) is 0 Å². The zero-order valence-corrected chi connectivity index (χ0v) is 21.4. The number of aromatic nitrogens is 2. The Kier molecular flexibility index (Phi) is 8.20. The normalized spacial score (nSPS) is 23.3. The van der Waals surface area contributed by atoms with E-state index in [1.165, 1.54) is 11.2 Å². The largest absolute Gasteiger partial charge is 0.474 e. The molecule has 0 radical (unpaired) electrons. The van der Waals surface area contributed by atoms with E-state index in [9.17, 15) is 19.0 Å². The number of hydrogen-bond donors (Lipinski definition) is 3. The SMILES string of the molecule is Cc1c(Oc2ccc(CC3COS(O)(O)OC3)cc2)ncnc1OC1CCN(C(=O)O)C(C(C)C)C1. The van der Waals surface area contributed by atoms with Gasteiger partial charge < -0.3 is 19.5 Å². The number of benzene rings is 1.